The molecule has 1 saturated carbocycles. The first-order chi connectivity index (χ1) is 20.0. The molecule has 2 heterocycles. The van der Waals surface area contributed by atoms with Crippen LogP contribution in [-0.2, 0) is 32.4 Å². The van der Waals surface area contributed by atoms with Crippen LogP contribution in [0.1, 0.15) is 48.1 Å². The van der Waals surface area contributed by atoms with Crippen LogP contribution in [0.4, 0.5) is 0 Å². The van der Waals surface area contributed by atoms with Crippen LogP contribution >= 0.6 is 0 Å². The molecule has 1 aliphatic carbocycles. The molecule has 1 amide bonds. The smallest absolute Gasteiger partial charge is 0.261 e. The van der Waals surface area contributed by atoms with Crippen molar-refractivity contribution >= 4 is 33.0 Å². The summed E-state index contributed by atoms with van der Waals surface area (Å²) in [5, 5.41) is 1.30. The van der Waals surface area contributed by atoms with Crippen LogP contribution in [0.3, 0.4) is 0 Å². The average Bonchev–Trinajstić information content (AvgIpc) is 3.37. The number of carbonyl (C=O) groups excluding carboxylic acids is 1. The Hall–Kier alpha value is -3.72. The van der Waals surface area contributed by atoms with E-state index >= 15 is 0 Å². The Morgan fingerprint density at radius 2 is 1.48 bits per heavy atom. The zero-order valence-electron chi connectivity index (χ0n) is 24.5. The van der Waals surface area contributed by atoms with Gasteiger partial charge in [-0.3, -0.25) is 14.2 Å². The first-order valence-electron chi connectivity index (χ1n) is 14.3. The number of aromatic nitrogens is 1. The van der Waals surface area contributed by atoms with E-state index in [1.807, 2.05) is 36.4 Å². The van der Waals surface area contributed by atoms with Crippen molar-refractivity contribution in [3.63, 3.8) is 0 Å². The third-order valence-corrected chi connectivity index (χ3v) is 8.94. The summed E-state index contributed by atoms with van der Waals surface area (Å²) in [5.41, 5.74) is 5.86. The zero-order chi connectivity index (χ0) is 30.0. The van der Waals surface area contributed by atoms with E-state index in [4.69, 9.17) is 4.55 Å². The number of H-pyrrole nitrogens is 1. The average molecular weight is 586 g/mol. The standard InChI is InChI=1S/C33H35N3O.CH4O3S/c1-35(2)32(26-13-7-4-8-14-26)20-22-33(23-21-32)31-28(27-15-9-10-16-29(27)34-31)19-24-36(33)30(37)18-17-25-11-5-3-6-12-25;1-5(2,3)4/h3-18,34H,19-24H2,1-2H3;1H3,(H,2,3,4)/b18-17+;. The number of para-hydroxylation sites is 1. The summed E-state index contributed by atoms with van der Waals surface area (Å²) in [4.78, 5) is 22.2. The summed E-state index contributed by atoms with van der Waals surface area (Å²) in [7, 11) is 0.734. The number of nitrogens with one attached hydrogen (secondary N) is 1. The van der Waals surface area contributed by atoms with Crippen LogP contribution in [0.25, 0.3) is 17.0 Å². The number of rotatable bonds is 4. The predicted octanol–water partition coefficient (Wildman–Crippen LogP) is 6.00. The number of carbonyl (C=O) groups is 1. The van der Waals surface area contributed by atoms with Crippen molar-refractivity contribution in [2.45, 2.75) is 43.2 Å². The van der Waals surface area contributed by atoms with Gasteiger partial charge >= 0.3 is 0 Å². The molecule has 42 heavy (non-hydrogen) atoms. The van der Waals surface area contributed by atoms with Gasteiger partial charge in [0.05, 0.1) is 11.8 Å². The largest absolute Gasteiger partial charge is 0.356 e. The number of hydrogen-bond acceptors (Lipinski definition) is 4. The summed E-state index contributed by atoms with van der Waals surface area (Å²) in [6.07, 6.45) is 9.14. The fourth-order valence-corrected chi connectivity index (χ4v) is 6.91. The van der Waals surface area contributed by atoms with Crippen LogP contribution in [0.15, 0.2) is 91.0 Å². The van der Waals surface area contributed by atoms with Gasteiger partial charge < -0.3 is 9.88 Å². The molecular formula is C34H39N3O4S. The molecule has 8 heteroatoms. The lowest BCUT2D eigenvalue weighted by atomic mass is 9.65. The third-order valence-electron chi connectivity index (χ3n) is 8.94. The minimum absolute atomic E-state index is 0.0370. The number of nitrogens with zero attached hydrogens (tertiary/aromatic N) is 2. The van der Waals surface area contributed by atoms with E-state index in [-0.39, 0.29) is 17.0 Å². The van der Waals surface area contributed by atoms with Crippen molar-refractivity contribution in [3.05, 3.63) is 113 Å². The lowest BCUT2D eigenvalue weighted by Crippen LogP contribution is -2.58. The Labute approximate surface area is 248 Å². The molecule has 6 rings (SSSR count). The highest BCUT2D eigenvalue weighted by atomic mass is 32.2. The maximum atomic E-state index is 13.8. The summed E-state index contributed by atoms with van der Waals surface area (Å²) >= 11 is 0. The second kappa shape index (κ2) is 11.9. The van der Waals surface area contributed by atoms with Crippen LogP contribution in [-0.4, -0.2) is 60.6 Å². The van der Waals surface area contributed by atoms with Crippen molar-refractivity contribution in [1.29, 1.82) is 0 Å². The third kappa shape index (κ3) is 5.93. The fourth-order valence-electron chi connectivity index (χ4n) is 6.91. The number of fused-ring (bicyclic) bond motifs is 4. The first kappa shape index (κ1) is 29.8. The van der Waals surface area contributed by atoms with Crippen molar-refractivity contribution < 1.29 is 17.8 Å². The first-order valence-corrected chi connectivity index (χ1v) is 16.2. The van der Waals surface area contributed by atoms with E-state index < -0.39 is 10.1 Å². The Bertz CT molecular complexity index is 1660. The van der Waals surface area contributed by atoms with Gasteiger partial charge in [-0.2, -0.15) is 8.42 Å². The summed E-state index contributed by atoms with van der Waals surface area (Å²) in [6.45, 7) is 0.743. The predicted molar refractivity (Wildman–Crippen MR) is 169 cm³/mol. The van der Waals surface area contributed by atoms with Gasteiger partial charge in [-0.15, -0.1) is 0 Å². The van der Waals surface area contributed by atoms with Crippen molar-refractivity contribution in [1.82, 2.24) is 14.8 Å². The van der Waals surface area contributed by atoms with Gasteiger partial charge in [-0.25, -0.2) is 0 Å². The van der Waals surface area contributed by atoms with E-state index in [1.54, 1.807) is 6.08 Å². The Balaban J connectivity index is 0.000000652. The quantitative estimate of drug-likeness (QED) is 0.227. The van der Waals surface area contributed by atoms with Crippen LogP contribution < -0.4 is 0 Å². The van der Waals surface area contributed by atoms with E-state index in [9.17, 15) is 13.2 Å². The number of hydrogen-bond donors (Lipinski definition) is 2. The maximum Gasteiger partial charge on any atom is 0.261 e. The van der Waals surface area contributed by atoms with Gasteiger partial charge in [0.25, 0.3) is 10.1 Å². The second-order valence-corrected chi connectivity index (χ2v) is 13.0. The minimum Gasteiger partial charge on any atom is -0.356 e. The van der Waals surface area contributed by atoms with Crippen molar-refractivity contribution in [3.8, 4) is 0 Å². The molecule has 1 aliphatic heterocycles. The molecule has 220 valence electrons. The molecule has 1 aromatic heterocycles. The molecule has 0 unspecified atom stereocenters. The second-order valence-electron chi connectivity index (χ2n) is 11.6. The van der Waals surface area contributed by atoms with E-state index in [0.29, 0.717) is 6.26 Å². The Morgan fingerprint density at radius 1 is 0.905 bits per heavy atom. The van der Waals surface area contributed by atoms with Crippen molar-refractivity contribution in [2.75, 3.05) is 26.9 Å². The topological polar surface area (TPSA) is 93.7 Å². The zero-order valence-corrected chi connectivity index (χ0v) is 25.3. The highest BCUT2D eigenvalue weighted by Gasteiger charge is 2.52. The van der Waals surface area contributed by atoms with Gasteiger partial charge in [-0.05, 0) is 75.0 Å². The Morgan fingerprint density at radius 3 is 2.10 bits per heavy atom. The number of amides is 1. The SMILES string of the molecule is CN(C)C1(c2ccccc2)CCC2(CC1)c1[nH]c3ccccc3c1CCN2C(=O)/C=C/c1ccccc1.CS(=O)(=O)O. The molecule has 2 aliphatic rings. The minimum atomic E-state index is -3.67. The fraction of sp³-hybridized carbons (Fsp3) is 0.324. The maximum absolute atomic E-state index is 13.8. The number of aromatic amines is 1. The monoisotopic (exact) mass is 585 g/mol. The number of benzene rings is 3. The van der Waals surface area contributed by atoms with E-state index in [1.165, 1.54) is 27.7 Å². The molecule has 0 saturated heterocycles. The molecule has 3 aromatic carbocycles. The summed E-state index contributed by atoms with van der Waals surface area (Å²) < 4.78 is 25.9. The lowest BCUT2D eigenvalue weighted by Gasteiger charge is -2.55. The van der Waals surface area contributed by atoms with Crippen LogP contribution in [0.5, 0.6) is 0 Å². The molecule has 0 atom stereocenters. The molecule has 2 N–H and O–H groups in total. The summed E-state index contributed by atoms with van der Waals surface area (Å²) in [6, 6.07) is 29.6. The summed E-state index contributed by atoms with van der Waals surface area (Å²) in [5.74, 6) is 0.102. The van der Waals surface area contributed by atoms with Gasteiger partial charge in [-0.1, -0.05) is 78.9 Å². The normalized spacial score (nSPS) is 22.3. The van der Waals surface area contributed by atoms with E-state index in [0.717, 1.165) is 44.2 Å². The van der Waals surface area contributed by atoms with Gasteiger partial charge in [0.1, 0.15) is 0 Å². The molecule has 1 spiro atoms. The molecule has 7 nitrogen and oxygen atoms in total. The molecular weight excluding hydrogens is 546 g/mol. The highest BCUT2D eigenvalue weighted by Crippen LogP contribution is 2.53. The molecule has 0 radical (unpaired) electrons. The molecule has 4 aromatic rings. The Kier molecular flexibility index (Phi) is 8.42. The molecule has 0 bridgehead atoms. The highest BCUT2D eigenvalue weighted by molar-refractivity contribution is 7.85. The molecule has 1 fully saturated rings. The van der Waals surface area contributed by atoms with Gasteiger partial charge in [0.15, 0.2) is 0 Å². The van der Waals surface area contributed by atoms with E-state index in [2.05, 4.69) is 83.5 Å². The van der Waals surface area contributed by atoms with Crippen LogP contribution in [0, 0.1) is 0 Å². The van der Waals surface area contributed by atoms with Crippen LogP contribution in [0.2, 0.25) is 0 Å². The lowest BCUT2D eigenvalue weighted by molar-refractivity contribution is -0.137. The van der Waals surface area contributed by atoms with Gasteiger partial charge in [0.2, 0.25) is 5.91 Å². The van der Waals surface area contributed by atoms with Gasteiger partial charge in [0, 0.05) is 34.8 Å². The van der Waals surface area contributed by atoms with Crippen molar-refractivity contribution in [2.24, 2.45) is 0 Å².